The molecule has 0 fully saturated rings. The summed E-state index contributed by atoms with van der Waals surface area (Å²) in [6, 6.07) is 4.93. The maximum absolute atomic E-state index is 12.4. The molecule has 0 heterocycles. The Morgan fingerprint density at radius 3 is 2.33 bits per heavy atom. The number of methoxy groups -OCH3 is 1. The minimum Gasteiger partial charge on any atom is -0.493 e. The van der Waals surface area contributed by atoms with Gasteiger partial charge in [-0.15, -0.1) is 0 Å². The van der Waals surface area contributed by atoms with Crippen LogP contribution in [0, 0.1) is 0 Å². The monoisotopic (exact) mass is 358 g/mol. The summed E-state index contributed by atoms with van der Waals surface area (Å²) < 4.78 is 32.9. The Morgan fingerprint density at radius 2 is 1.88 bits per heavy atom. The van der Waals surface area contributed by atoms with Gasteiger partial charge >= 0.3 is 16.1 Å². The molecule has 24 heavy (non-hydrogen) atoms. The fourth-order valence-electron chi connectivity index (χ4n) is 2.13. The minimum absolute atomic E-state index is 0.0428. The first-order valence-corrected chi connectivity index (χ1v) is 9.45. The molecule has 8 heteroatoms. The Bertz CT molecular complexity index is 673. The predicted molar refractivity (Wildman–Crippen MR) is 92.8 cm³/mol. The highest BCUT2D eigenvalue weighted by Gasteiger charge is 2.21. The van der Waals surface area contributed by atoms with Crippen molar-refractivity contribution in [2.45, 2.75) is 32.9 Å². The van der Waals surface area contributed by atoms with E-state index < -0.39 is 10.1 Å². The Labute approximate surface area is 144 Å². The average molecular weight is 358 g/mol. The number of benzene rings is 1. The van der Waals surface area contributed by atoms with Gasteiger partial charge in [0.2, 0.25) is 0 Å². The molecule has 0 N–H and O–H groups in total. The Balaban J connectivity index is 3.15. The van der Waals surface area contributed by atoms with Crippen LogP contribution in [0.2, 0.25) is 0 Å². The molecule has 0 saturated carbocycles. The molecule has 0 aliphatic rings. The summed E-state index contributed by atoms with van der Waals surface area (Å²) in [5, 5.41) is 0. The summed E-state index contributed by atoms with van der Waals surface area (Å²) in [4.78, 5) is 15.6. The van der Waals surface area contributed by atoms with E-state index in [-0.39, 0.29) is 17.8 Å². The molecule has 0 aliphatic heterocycles. The van der Waals surface area contributed by atoms with E-state index in [0.29, 0.717) is 12.3 Å². The quantitative estimate of drug-likeness (QED) is 0.699. The Kier molecular flexibility index (Phi) is 6.89. The predicted octanol–water partition coefficient (Wildman–Crippen LogP) is 2.32. The molecule has 2 amide bonds. The highest BCUT2D eigenvalue weighted by atomic mass is 32.2. The lowest BCUT2D eigenvalue weighted by atomic mass is 10.1. The van der Waals surface area contributed by atoms with Crippen molar-refractivity contribution in [3.8, 4) is 11.5 Å². The van der Waals surface area contributed by atoms with Crippen molar-refractivity contribution >= 4 is 16.1 Å². The van der Waals surface area contributed by atoms with Crippen LogP contribution >= 0.6 is 0 Å². The van der Waals surface area contributed by atoms with E-state index in [1.165, 1.54) is 12.0 Å². The number of amides is 2. The maximum atomic E-state index is 12.4. The third kappa shape index (κ3) is 5.59. The van der Waals surface area contributed by atoms with Crippen LogP contribution in [0.1, 0.15) is 25.8 Å². The molecule has 0 bridgehead atoms. The van der Waals surface area contributed by atoms with Gasteiger partial charge in [-0.25, -0.2) is 4.79 Å². The fourth-order valence-corrected chi connectivity index (χ4v) is 2.59. The van der Waals surface area contributed by atoms with Crippen LogP contribution in [0.5, 0.6) is 11.5 Å². The molecule has 136 valence electrons. The lowest BCUT2D eigenvalue weighted by Crippen LogP contribution is -2.43. The third-order valence-corrected chi connectivity index (χ3v) is 4.06. The fraction of sp³-hybridized carbons (Fsp3) is 0.562. The van der Waals surface area contributed by atoms with E-state index in [0.717, 1.165) is 18.2 Å². The first-order chi connectivity index (χ1) is 11.1. The molecule has 7 nitrogen and oxygen atoms in total. The van der Waals surface area contributed by atoms with Gasteiger partial charge in [-0.3, -0.25) is 0 Å². The zero-order chi connectivity index (χ0) is 18.5. The van der Waals surface area contributed by atoms with E-state index in [1.807, 2.05) is 13.8 Å². The second-order valence-electron chi connectivity index (χ2n) is 5.83. The van der Waals surface area contributed by atoms with E-state index >= 15 is 0 Å². The number of hydrogen-bond acceptors (Lipinski definition) is 5. The number of hydrogen-bond donors (Lipinski definition) is 0. The van der Waals surface area contributed by atoms with E-state index in [1.54, 1.807) is 37.2 Å². The number of carbonyl (C=O) groups excluding carboxylic acids is 1. The Morgan fingerprint density at radius 1 is 1.25 bits per heavy atom. The van der Waals surface area contributed by atoms with Crippen molar-refractivity contribution in [3.05, 3.63) is 23.8 Å². The van der Waals surface area contributed by atoms with Crippen LogP contribution < -0.4 is 8.92 Å². The van der Waals surface area contributed by atoms with Gasteiger partial charge in [0.1, 0.15) is 0 Å². The second kappa shape index (κ2) is 8.23. The summed E-state index contributed by atoms with van der Waals surface area (Å²) in [6.07, 6.45) is 1.78. The SMILES string of the molecule is CC[C@@H](C)N(Cc1ccc(OC)c(OS(C)(=O)=O)c1)C(=O)N(C)C. The molecule has 0 saturated heterocycles. The molecule has 0 unspecified atom stereocenters. The van der Waals surface area contributed by atoms with Crippen LogP contribution in [0.25, 0.3) is 0 Å². The highest BCUT2D eigenvalue weighted by molar-refractivity contribution is 7.86. The first kappa shape index (κ1) is 20.1. The largest absolute Gasteiger partial charge is 0.493 e. The molecule has 1 atom stereocenters. The highest BCUT2D eigenvalue weighted by Crippen LogP contribution is 2.30. The summed E-state index contributed by atoms with van der Waals surface area (Å²) in [5.74, 6) is 0.428. The molecule has 1 rings (SSSR count). The van der Waals surface area contributed by atoms with Crippen LogP contribution in [0.15, 0.2) is 18.2 Å². The number of ether oxygens (including phenoxy) is 1. The minimum atomic E-state index is -3.67. The zero-order valence-electron chi connectivity index (χ0n) is 15.1. The van der Waals surface area contributed by atoms with Crippen molar-refractivity contribution in [3.63, 3.8) is 0 Å². The number of urea groups is 1. The van der Waals surface area contributed by atoms with Gasteiger partial charge in [0.15, 0.2) is 11.5 Å². The van der Waals surface area contributed by atoms with E-state index in [4.69, 9.17) is 8.92 Å². The normalized spacial score (nSPS) is 12.4. The van der Waals surface area contributed by atoms with Crippen molar-refractivity contribution in [2.24, 2.45) is 0 Å². The average Bonchev–Trinajstić information content (AvgIpc) is 2.49. The van der Waals surface area contributed by atoms with Crippen molar-refractivity contribution < 1.29 is 22.1 Å². The van der Waals surface area contributed by atoms with E-state index in [2.05, 4.69) is 0 Å². The molecule has 0 aromatic heterocycles. The number of nitrogens with zero attached hydrogens (tertiary/aromatic N) is 2. The van der Waals surface area contributed by atoms with Crippen LogP contribution in [-0.4, -0.2) is 57.8 Å². The molecule has 0 spiro atoms. The van der Waals surface area contributed by atoms with Crippen molar-refractivity contribution in [1.29, 1.82) is 0 Å². The number of rotatable bonds is 7. The van der Waals surface area contributed by atoms with Gasteiger partial charge in [0.25, 0.3) is 0 Å². The topological polar surface area (TPSA) is 76.1 Å². The number of carbonyl (C=O) groups is 1. The molecule has 1 aromatic rings. The van der Waals surface area contributed by atoms with Crippen LogP contribution in [0.4, 0.5) is 4.79 Å². The molecular formula is C16H26N2O5S. The van der Waals surface area contributed by atoms with Gasteiger partial charge in [-0.1, -0.05) is 13.0 Å². The summed E-state index contributed by atoms with van der Waals surface area (Å²) in [7, 11) is 1.16. The van der Waals surface area contributed by atoms with Gasteiger partial charge in [0, 0.05) is 26.7 Å². The van der Waals surface area contributed by atoms with Crippen LogP contribution in [-0.2, 0) is 16.7 Å². The molecule has 0 aliphatic carbocycles. The van der Waals surface area contributed by atoms with Crippen molar-refractivity contribution in [2.75, 3.05) is 27.5 Å². The molecular weight excluding hydrogens is 332 g/mol. The van der Waals surface area contributed by atoms with Gasteiger partial charge < -0.3 is 18.7 Å². The first-order valence-electron chi connectivity index (χ1n) is 7.63. The van der Waals surface area contributed by atoms with Crippen molar-refractivity contribution in [1.82, 2.24) is 9.80 Å². The Hall–Kier alpha value is -1.96. The third-order valence-electron chi connectivity index (χ3n) is 3.57. The summed E-state index contributed by atoms with van der Waals surface area (Å²) in [6.45, 7) is 4.32. The second-order valence-corrected chi connectivity index (χ2v) is 7.41. The lowest BCUT2D eigenvalue weighted by Gasteiger charge is -2.31. The summed E-state index contributed by atoms with van der Waals surface area (Å²) in [5.41, 5.74) is 0.755. The van der Waals surface area contributed by atoms with Gasteiger partial charge in [-0.2, -0.15) is 8.42 Å². The zero-order valence-corrected chi connectivity index (χ0v) is 15.9. The van der Waals surface area contributed by atoms with Gasteiger partial charge in [0.05, 0.1) is 13.4 Å². The smallest absolute Gasteiger partial charge is 0.320 e. The van der Waals surface area contributed by atoms with Crippen LogP contribution in [0.3, 0.4) is 0 Å². The van der Waals surface area contributed by atoms with E-state index in [9.17, 15) is 13.2 Å². The summed E-state index contributed by atoms with van der Waals surface area (Å²) >= 11 is 0. The molecule has 0 radical (unpaired) electrons. The maximum Gasteiger partial charge on any atom is 0.320 e. The van der Waals surface area contributed by atoms with Gasteiger partial charge in [-0.05, 0) is 31.0 Å². The molecule has 1 aromatic carbocycles. The lowest BCUT2D eigenvalue weighted by molar-refractivity contribution is 0.148. The standard InChI is InChI=1S/C16H26N2O5S/c1-7-12(2)18(16(19)17(3)4)11-13-8-9-14(22-5)15(10-13)23-24(6,20)21/h8-10,12H,7,11H2,1-6H3/t12-/m1/s1.